The molecular weight excluding hydrogens is 404 g/mol. The van der Waals surface area contributed by atoms with E-state index in [1.54, 1.807) is 0 Å². The highest BCUT2D eigenvalue weighted by molar-refractivity contribution is 5.27. The van der Waals surface area contributed by atoms with Crippen LogP contribution in [0.3, 0.4) is 0 Å². The van der Waals surface area contributed by atoms with E-state index in [9.17, 15) is 5.11 Å². The van der Waals surface area contributed by atoms with Crippen LogP contribution in [0.5, 0.6) is 0 Å². The number of hydrogen-bond donors (Lipinski definition) is 1. The molecule has 0 amide bonds. The van der Waals surface area contributed by atoms with Gasteiger partial charge in [0.05, 0.1) is 26.4 Å². The molecule has 3 fully saturated rings. The average Bonchev–Trinajstić information content (AvgIpc) is 2.86. The van der Waals surface area contributed by atoms with Crippen molar-refractivity contribution in [1.29, 1.82) is 0 Å². The Morgan fingerprint density at radius 3 is 1.56 bits per heavy atom. The fraction of sp³-hybridized carbons (Fsp3) is 0.556. The minimum absolute atomic E-state index is 0.111. The van der Waals surface area contributed by atoms with Crippen LogP contribution in [0.1, 0.15) is 50.2 Å². The molecular formula is C27H34O5. The number of aliphatic hydroxyl groups is 1. The lowest BCUT2D eigenvalue weighted by Crippen LogP contribution is -2.58. The summed E-state index contributed by atoms with van der Waals surface area (Å²) in [5.74, 6) is -1.11. The van der Waals surface area contributed by atoms with E-state index in [2.05, 4.69) is 43.3 Å². The summed E-state index contributed by atoms with van der Waals surface area (Å²) in [7, 11) is 0. The first-order chi connectivity index (χ1) is 15.5. The fourth-order valence-corrected chi connectivity index (χ4v) is 5.35. The predicted molar refractivity (Wildman–Crippen MR) is 121 cm³/mol. The number of aliphatic hydroxyl groups excluding tert-OH is 1. The highest BCUT2D eigenvalue weighted by Crippen LogP contribution is 2.48. The quantitative estimate of drug-likeness (QED) is 0.770. The lowest BCUT2D eigenvalue weighted by atomic mass is 9.77. The Balaban J connectivity index is 1.21. The van der Waals surface area contributed by atoms with Gasteiger partial charge in [0.2, 0.25) is 0 Å². The molecule has 5 heteroatoms. The highest BCUT2D eigenvalue weighted by atomic mass is 16.7. The van der Waals surface area contributed by atoms with Crippen molar-refractivity contribution in [3.63, 3.8) is 0 Å². The van der Waals surface area contributed by atoms with Crippen LogP contribution in [-0.4, -0.2) is 49.7 Å². The Labute approximate surface area is 190 Å². The van der Waals surface area contributed by atoms with Crippen LogP contribution in [0.25, 0.3) is 0 Å². The monoisotopic (exact) mass is 438 g/mol. The lowest BCUT2D eigenvalue weighted by molar-refractivity contribution is -0.356. The summed E-state index contributed by atoms with van der Waals surface area (Å²) in [4.78, 5) is 0. The van der Waals surface area contributed by atoms with E-state index in [1.165, 1.54) is 5.56 Å². The first kappa shape index (κ1) is 22.1. The molecule has 2 aliphatic heterocycles. The molecule has 0 unspecified atom stereocenters. The molecule has 0 radical (unpaired) electrons. The third-order valence-electron chi connectivity index (χ3n) is 7.75. The molecule has 2 aromatic carbocycles. The van der Waals surface area contributed by atoms with Gasteiger partial charge in [0.1, 0.15) is 0 Å². The largest absolute Gasteiger partial charge is 0.396 e. The van der Waals surface area contributed by atoms with Crippen molar-refractivity contribution in [3.8, 4) is 0 Å². The number of benzene rings is 2. The number of hydrogen-bond acceptors (Lipinski definition) is 5. The Kier molecular flexibility index (Phi) is 5.89. The molecule has 2 heterocycles. The van der Waals surface area contributed by atoms with Crippen LogP contribution in [0.2, 0.25) is 0 Å². The Morgan fingerprint density at radius 2 is 1.09 bits per heavy atom. The second-order valence-electron chi connectivity index (χ2n) is 10.0. The van der Waals surface area contributed by atoms with Gasteiger partial charge in [-0.2, -0.15) is 0 Å². The summed E-state index contributed by atoms with van der Waals surface area (Å²) in [5, 5.41) is 9.69. The van der Waals surface area contributed by atoms with E-state index in [0.29, 0.717) is 32.8 Å². The van der Waals surface area contributed by atoms with Crippen molar-refractivity contribution in [2.75, 3.05) is 33.0 Å². The maximum Gasteiger partial charge on any atom is 0.168 e. The SMILES string of the molecule is CC1(c2ccccc2)COC2(CCC3(CC2)OCC(CCO)(c2ccccc2)CO3)OC1. The van der Waals surface area contributed by atoms with Gasteiger partial charge in [-0.1, -0.05) is 67.6 Å². The minimum Gasteiger partial charge on any atom is -0.396 e. The van der Waals surface area contributed by atoms with E-state index < -0.39 is 11.6 Å². The van der Waals surface area contributed by atoms with Gasteiger partial charge >= 0.3 is 0 Å². The summed E-state index contributed by atoms with van der Waals surface area (Å²) in [6, 6.07) is 20.7. The molecule has 172 valence electrons. The van der Waals surface area contributed by atoms with Crippen LogP contribution >= 0.6 is 0 Å². The standard InChI is InChI=1S/C27H34O5/c1-24(22-8-4-2-5-9-22)18-29-26(30-19-24)12-14-27(15-13-26)31-20-25(16-17-28,21-32-27)23-10-6-3-7-11-23/h2-11,28H,12-21H2,1H3. The van der Waals surface area contributed by atoms with E-state index in [-0.39, 0.29) is 17.4 Å². The zero-order chi connectivity index (χ0) is 22.1. The van der Waals surface area contributed by atoms with Gasteiger partial charge in [-0.15, -0.1) is 0 Å². The summed E-state index contributed by atoms with van der Waals surface area (Å²) in [5.41, 5.74) is 1.99. The zero-order valence-corrected chi connectivity index (χ0v) is 18.9. The van der Waals surface area contributed by atoms with Gasteiger partial charge in [0, 0.05) is 43.1 Å². The Bertz CT molecular complexity index is 869. The Morgan fingerprint density at radius 1 is 0.656 bits per heavy atom. The summed E-state index contributed by atoms with van der Waals surface area (Å²) in [6.45, 7) is 4.73. The molecule has 2 aromatic rings. The number of ether oxygens (including phenoxy) is 4. The summed E-state index contributed by atoms with van der Waals surface area (Å²) >= 11 is 0. The molecule has 0 atom stereocenters. The third-order valence-corrected chi connectivity index (χ3v) is 7.75. The van der Waals surface area contributed by atoms with Crippen molar-refractivity contribution in [2.24, 2.45) is 0 Å². The van der Waals surface area contributed by atoms with E-state index in [1.807, 2.05) is 24.3 Å². The maximum atomic E-state index is 9.69. The summed E-state index contributed by atoms with van der Waals surface area (Å²) in [6.07, 6.45) is 3.64. The second kappa shape index (κ2) is 8.54. The molecule has 2 spiro atoms. The van der Waals surface area contributed by atoms with Gasteiger partial charge in [-0.25, -0.2) is 0 Å². The zero-order valence-electron chi connectivity index (χ0n) is 18.9. The second-order valence-corrected chi connectivity index (χ2v) is 10.0. The van der Waals surface area contributed by atoms with Crippen molar-refractivity contribution >= 4 is 0 Å². The van der Waals surface area contributed by atoms with Crippen molar-refractivity contribution < 1.29 is 24.1 Å². The van der Waals surface area contributed by atoms with Crippen LogP contribution < -0.4 is 0 Å². The Hall–Kier alpha value is -1.76. The van der Waals surface area contributed by atoms with Crippen molar-refractivity contribution in [1.82, 2.24) is 0 Å². The molecule has 5 rings (SSSR count). The molecule has 2 saturated heterocycles. The first-order valence-electron chi connectivity index (χ1n) is 11.8. The van der Waals surface area contributed by atoms with Gasteiger partial charge in [-0.3, -0.25) is 0 Å². The molecule has 0 bridgehead atoms. The van der Waals surface area contributed by atoms with Crippen molar-refractivity contribution in [2.45, 2.75) is 61.4 Å². The van der Waals surface area contributed by atoms with Crippen molar-refractivity contribution in [3.05, 3.63) is 71.8 Å². The van der Waals surface area contributed by atoms with E-state index in [0.717, 1.165) is 31.2 Å². The molecule has 1 aliphatic carbocycles. The van der Waals surface area contributed by atoms with E-state index >= 15 is 0 Å². The average molecular weight is 439 g/mol. The topological polar surface area (TPSA) is 57.2 Å². The third kappa shape index (κ3) is 4.02. The van der Waals surface area contributed by atoms with Gasteiger partial charge < -0.3 is 24.1 Å². The van der Waals surface area contributed by atoms with Crippen LogP contribution in [0.15, 0.2) is 60.7 Å². The molecule has 1 N–H and O–H groups in total. The smallest absolute Gasteiger partial charge is 0.168 e. The lowest BCUT2D eigenvalue weighted by Gasteiger charge is -2.53. The molecule has 0 aromatic heterocycles. The molecule has 1 saturated carbocycles. The van der Waals surface area contributed by atoms with Gasteiger partial charge in [0.25, 0.3) is 0 Å². The highest BCUT2D eigenvalue weighted by Gasteiger charge is 2.53. The molecule has 3 aliphatic rings. The maximum absolute atomic E-state index is 9.69. The van der Waals surface area contributed by atoms with Crippen LogP contribution in [0, 0.1) is 0 Å². The van der Waals surface area contributed by atoms with Gasteiger partial charge in [-0.05, 0) is 17.5 Å². The fourth-order valence-electron chi connectivity index (χ4n) is 5.35. The van der Waals surface area contributed by atoms with Gasteiger partial charge in [0.15, 0.2) is 11.6 Å². The molecule has 5 nitrogen and oxygen atoms in total. The number of rotatable bonds is 4. The van der Waals surface area contributed by atoms with E-state index in [4.69, 9.17) is 18.9 Å². The predicted octanol–water partition coefficient (Wildman–Crippen LogP) is 4.32. The van der Waals surface area contributed by atoms with Crippen LogP contribution in [-0.2, 0) is 29.8 Å². The first-order valence-corrected chi connectivity index (χ1v) is 11.8. The normalized spacial score (nSPS) is 37.6. The molecule has 32 heavy (non-hydrogen) atoms. The summed E-state index contributed by atoms with van der Waals surface area (Å²) < 4.78 is 25.6. The van der Waals surface area contributed by atoms with Crippen LogP contribution in [0.4, 0.5) is 0 Å². The minimum atomic E-state index is -0.577.